The fraction of sp³-hybridized carbons (Fsp3) is 1.00. The molecule has 0 spiro atoms. The smallest absolute Gasteiger partial charge is 0.0495 e. The van der Waals surface area contributed by atoms with Gasteiger partial charge in [-0.15, -0.1) is 0 Å². The molecule has 2 aliphatic rings. The lowest BCUT2D eigenvalue weighted by Crippen LogP contribution is -2.19. The van der Waals surface area contributed by atoms with E-state index in [1.54, 1.807) is 0 Å². The van der Waals surface area contributed by atoms with Gasteiger partial charge in [0.05, 0.1) is 0 Å². The second kappa shape index (κ2) is 2.76. The molecule has 2 heteroatoms. The summed E-state index contributed by atoms with van der Waals surface area (Å²) in [6.07, 6.45) is 5.31. The zero-order valence-electron chi connectivity index (χ0n) is 7.01. The maximum absolute atomic E-state index is 5.71. The largest absolute Gasteiger partial charge is 0.381 e. The van der Waals surface area contributed by atoms with E-state index < -0.39 is 0 Å². The highest BCUT2D eigenvalue weighted by molar-refractivity contribution is 4.95. The van der Waals surface area contributed by atoms with Crippen LogP contribution in [-0.2, 0) is 4.74 Å². The lowest BCUT2D eigenvalue weighted by molar-refractivity contribution is 0.178. The molecule has 2 fully saturated rings. The van der Waals surface area contributed by atoms with Crippen LogP contribution >= 0.6 is 0 Å². The van der Waals surface area contributed by atoms with Crippen molar-refractivity contribution < 1.29 is 4.74 Å². The highest BCUT2D eigenvalue weighted by Gasteiger charge is 2.43. The molecule has 11 heavy (non-hydrogen) atoms. The minimum Gasteiger partial charge on any atom is -0.381 e. The molecular weight excluding hydrogens is 138 g/mol. The van der Waals surface area contributed by atoms with E-state index in [9.17, 15) is 0 Å². The van der Waals surface area contributed by atoms with E-state index in [0.29, 0.717) is 5.41 Å². The van der Waals surface area contributed by atoms with Crippen molar-refractivity contribution in [3.63, 3.8) is 0 Å². The van der Waals surface area contributed by atoms with Gasteiger partial charge < -0.3 is 10.5 Å². The summed E-state index contributed by atoms with van der Waals surface area (Å²) in [4.78, 5) is 0. The standard InChI is InChI=1S/C9H17NO/c10-7-9(2-3-9)5-8-1-4-11-6-8/h8H,1-7,10H2. The van der Waals surface area contributed by atoms with E-state index in [0.717, 1.165) is 25.7 Å². The van der Waals surface area contributed by atoms with Crippen LogP contribution in [0.15, 0.2) is 0 Å². The van der Waals surface area contributed by atoms with Crippen LogP contribution in [0.3, 0.4) is 0 Å². The van der Waals surface area contributed by atoms with Crippen molar-refractivity contribution >= 4 is 0 Å². The van der Waals surface area contributed by atoms with E-state index in [2.05, 4.69) is 0 Å². The molecule has 1 aliphatic carbocycles. The number of rotatable bonds is 3. The third-order valence-corrected chi connectivity index (χ3v) is 3.14. The van der Waals surface area contributed by atoms with Crippen molar-refractivity contribution in [1.82, 2.24) is 0 Å². The van der Waals surface area contributed by atoms with Crippen LogP contribution in [0, 0.1) is 11.3 Å². The molecule has 1 unspecified atom stereocenters. The summed E-state index contributed by atoms with van der Waals surface area (Å²) in [5.41, 5.74) is 6.26. The van der Waals surface area contributed by atoms with E-state index >= 15 is 0 Å². The monoisotopic (exact) mass is 155 g/mol. The zero-order valence-corrected chi connectivity index (χ0v) is 7.01. The van der Waals surface area contributed by atoms with Crippen LogP contribution in [0.5, 0.6) is 0 Å². The van der Waals surface area contributed by atoms with Crippen molar-refractivity contribution in [2.75, 3.05) is 19.8 Å². The predicted octanol–water partition coefficient (Wildman–Crippen LogP) is 1.15. The summed E-state index contributed by atoms with van der Waals surface area (Å²) in [6, 6.07) is 0. The lowest BCUT2D eigenvalue weighted by atomic mass is 9.91. The molecule has 2 rings (SSSR count). The first kappa shape index (κ1) is 7.56. The van der Waals surface area contributed by atoms with Gasteiger partial charge in [0.25, 0.3) is 0 Å². The van der Waals surface area contributed by atoms with Crippen molar-refractivity contribution in [3.05, 3.63) is 0 Å². The average Bonchev–Trinajstić information content (AvgIpc) is 2.59. The van der Waals surface area contributed by atoms with Crippen molar-refractivity contribution in [2.45, 2.75) is 25.7 Å². The molecule has 2 N–H and O–H groups in total. The summed E-state index contributed by atoms with van der Waals surface area (Å²) in [7, 11) is 0. The fourth-order valence-corrected chi connectivity index (χ4v) is 2.03. The lowest BCUT2D eigenvalue weighted by Gasteiger charge is -2.15. The van der Waals surface area contributed by atoms with Gasteiger partial charge in [-0.2, -0.15) is 0 Å². The highest BCUT2D eigenvalue weighted by Crippen LogP contribution is 2.50. The van der Waals surface area contributed by atoms with Gasteiger partial charge in [0, 0.05) is 13.2 Å². The summed E-state index contributed by atoms with van der Waals surface area (Å²) < 4.78 is 5.33. The summed E-state index contributed by atoms with van der Waals surface area (Å²) in [6.45, 7) is 2.86. The van der Waals surface area contributed by atoms with Crippen molar-refractivity contribution in [3.8, 4) is 0 Å². The quantitative estimate of drug-likeness (QED) is 0.663. The Labute approximate surface area is 68.1 Å². The maximum Gasteiger partial charge on any atom is 0.0495 e. The summed E-state index contributed by atoms with van der Waals surface area (Å²) in [5.74, 6) is 0.820. The third-order valence-electron chi connectivity index (χ3n) is 3.14. The van der Waals surface area contributed by atoms with Crippen LogP contribution in [0.1, 0.15) is 25.7 Å². The Morgan fingerprint density at radius 2 is 2.27 bits per heavy atom. The van der Waals surface area contributed by atoms with Gasteiger partial charge in [-0.3, -0.25) is 0 Å². The predicted molar refractivity (Wildman–Crippen MR) is 44.3 cm³/mol. The second-order valence-corrected chi connectivity index (χ2v) is 4.14. The Bertz CT molecular complexity index is 136. The normalized spacial score (nSPS) is 34.1. The molecule has 0 radical (unpaired) electrons. The molecule has 64 valence electrons. The minimum absolute atomic E-state index is 0.554. The highest BCUT2D eigenvalue weighted by atomic mass is 16.5. The van der Waals surface area contributed by atoms with Gasteiger partial charge in [0.2, 0.25) is 0 Å². The molecule has 1 atom stereocenters. The second-order valence-electron chi connectivity index (χ2n) is 4.14. The molecule has 0 bridgehead atoms. The van der Waals surface area contributed by atoms with E-state index in [-0.39, 0.29) is 0 Å². The number of hydrogen-bond acceptors (Lipinski definition) is 2. The molecule has 0 aromatic carbocycles. The molecule has 1 aliphatic heterocycles. The van der Waals surface area contributed by atoms with Crippen LogP contribution < -0.4 is 5.73 Å². The first-order valence-corrected chi connectivity index (χ1v) is 4.62. The average molecular weight is 155 g/mol. The van der Waals surface area contributed by atoms with Gasteiger partial charge >= 0.3 is 0 Å². The van der Waals surface area contributed by atoms with E-state index in [4.69, 9.17) is 10.5 Å². The topological polar surface area (TPSA) is 35.2 Å². The molecule has 1 saturated carbocycles. The van der Waals surface area contributed by atoms with Gasteiger partial charge in [-0.1, -0.05) is 0 Å². The van der Waals surface area contributed by atoms with Gasteiger partial charge in [-0.05, 0) is 43.6 Å². The molecule has 0 aromatic heterocycles. The fourth-order valence-electron chi connectivity index (χ4n) is 2.03. The van der Waals surface area contributed by atoms with E-state index in [1.807, 2.05) is 0 Å². The zero-order chi connectivity index (χ0) is 7.73. The van der Waals surface area contributed by atoms with Crippen LogP contribution in [0.4, 0.5) is 0 Å². The number of nitrogens with two attached hydrogens (primary N) is 1. The van der Waals surface area contributed by atoms with Gasteiger partial charge in [0.1, 0.15) is 0 Å². The Balaban J connectivity index is 1.80. The molecule has 1 heterocycles. The van der Waals surface area contributed by atoms with E-state index in [1.165, 1.54) is 25.7 Å². The van der Waals surface area contributed by atoms with Gasteiger partial charge in [-0.25, -0.2) is 0 Å². The number of hydrogen-bond donors (Lipinski definition) is 1. The first-order chi connectivity index (χ1) is 5.35. The molecular formula is C9H17NO. The maximum atomic E-state index is 5.71. The molecule has 1 saturated heterocycles. The summed E-state index contributed by atoms with van der Waals surface area (Å²) in [5, 5.41) is 0. The van der Waals surface area contributed by atoms with Crippen molar-refractivity contribution in [1.29, 1.82) is 0 Å². The molecule has 2 nitrogen and oxygen atoms in total. The van der Waals surface area contributed by atoms with Crippen LogP contribution in [0.25, 0.3) is 0 Å². The Kier molecular flexibility index (Phi) is 1.90. The first-order valence-electron chi connectivity index (χ1n) is 4.62. The minimum atomic E-state index is 0.554. The van der Waals surface area contributed by atoms with Crippen molar-refractivity contribution in [2.24, 2.45) is 17.1 Å². The van der Waals surface area contributed by atoms with Gasteiger partial charge in [0.15, 0.2) is 0 Å². The molecule has 0 amide bonds. The number of ether oxygens (including phenoxy) is 1. The Morgan fingerprint density at radius 1 is 1.45 bits per heavy atom. The summed E-state index contributed by atoms with van der Waals surface area (Å²) >= 11 is 0. The van der Waals surface area contributed by atoms with Crippen LogP contribution in [0.2, 0.25) is 0 Å². The molecule has 0 aromatic rings. The SMILES string of the molecule is NCC1(CC2CCOC2)CC1. The Hall–Kier alpha value is -0.0800. The Morgan fingerprint density at radius 3 is 2.73 bits per heavy atom. The third kappa shape index (κ3) is 1.57. The van der Waals surface area contributed by atoms with Crippen LogP contribution in [-0.4, -0.2) is 19.8 Å².